The van der Waals surface area contributed by atoms with Gasteiger partial charge < -0.3 is 4.74 Å². The second kappa shape index (κ2) is 9.31. The highest BCUT2D eigenvalue weighted by molar-refractivity contribution is 7.86. The fourth-order valence-electron chi connectivity index (χ4n) is 2.85. The SMILES string of the molecule is Cc1ccc(S(=O)(=O)O[14CH2][C@H](C)[C@H](OCc2ccccc2)C(C)C)cc1. The molecular weight excluding hydrogens is 350 g/mol. The second-order valence-corrected chi connectivity index (χ2v) is 8.65. The van der Waals surface area contributed by atoms with E-state index in [1.165, 1.54) is 0 Å². The van der Waals surface area contributed by atoms with Crippen LogP contribution >= 0.6 is 0 Å². The van der Waals surface area contributed by atoms with Crippen molar-refractivity contribution in [2.24, 2.45) is 11.8 Å². The molecular formula is C21H28O4S. The molecule has 0 N–H and O–H groups in total. The molecule has 0 aliphatic rings. The van der Waals surface area contributed by atoms with E-state index in [1.54, 1.807) is 24.3 Å². The third-order valence-corrected chi connectivity index (χ3v) is 5.59. The largest absolute Gasteiger partial charge is 0.373 e. The first-order valence-electron chi connectivity index (χ1n) is 8.91. The Bertz CT molecular complexity index is 767. The summed E-state index contributed by atoms with van der Waals surface area (Å²) in [5, 5.41) is 0. The Balaban J connectivity index is 1.96. The first-order chi connectivity index (χ1) is 12.3. The van der Waals surface area contributed by atoms with Crippen molar-refractivity contribution in [3.8, 4) is 0 Å². The van der Waals surface area contributed by atoms with Gasteiger partial charge in [-0.15, -0.1) is 0 Å². The Morgan fingerprint density at radius 1 is 0.962 bits per heavy atom. The van der Waals surface area contributed by atoms with E-state index < -0.39 is 10.1 Å². The summed E-state index contributed by atoms with van der Waals surface area (Å²) in [6.07, 6.45) is -0.0941. The molecule has 26 heavy (non-hydrogen) atoms. The lowest BCUT2D eigenvalue weighted by atomic mass is 10.0. The van der Waals surface area contributed by atoms with Gasteiger partial charge >= 0.3 is 0 Å². The maximum atomic E-state index is 12.4. The maximum Gasteiger partial charge on any atom is 0.296 e. The second-order valence-electron chi connectivity index (χ2n) is 7.03. The monoisotopic (exact) mass is 378 g/mol. The lowest BCUT2D eigenvalue weighted by Crippen LogP contribution is -2.31. The van der Waals surface area contributed by atoms with Gasteiger partial charge in [-0.05, 0) is 30.5 Å². The van der Waals surface area contributed by atoms with Crippen LogP contribution in [0.1, 0.15) is 31.9 Å². The van der Waals surface area contributed by atoms with E-state index in [1.807, 2.05) is 44.2 Å². The smallest absolute Gasteiger partial charge is 0.296 e. The van der Waals surface area contributed by atoms with Gasteiger partial charge in [0.1, 0.15) is 0 Å². The normalized spacial score (nSPS) is 14.3. The molecule has 0 amide bonds. The number of ether oxygens (including phenoxy) is 1. The zero-order valence-electron chi connectivity index (χ0n) is 15.9. The number of hydrogen-bond donors (Lipinski definition) is 0. The zero-order valence-corrected chi connectivity index (χ0v) is 16.7. The molecule has 0 aliphatic heterocycles. The van der Waals surface area contributed by atoms with Gasteiger partial charge in [-0.25, -0.2) is 0 Å². The highest BCUT2D eigenvalue weighted by atomic mass is 32.2. The Hall–Kier alpha value is -1.69. The molecule has 0 heterocycles. The summed E-state index contributed by atoms with van der Waals surface area (Å²) in [5.74, 6) is 0.193. The van der Waals surface area contributed by atoms with Crippen LogP contribution in [-0.4, -0.2) is 21.1 Å². The summed E-state index contributed by atoms with van der Waals surface area (Å²) in [4.78, 5) is 0.182. The van der Waals surface area contributed by atoms with E-state index in [4.69, 9.17) is 8.92 Å². The van der Waals surface area contributed by atoms with Crippen LogP contribution in [0.4, 0.5) is 0 Å². The third-order valence-electron chi connectivity index (χ3n) is 4.30. The summed E-state index contributed by atoms with van der Waals surface area (Å²) >= 11 is 0. The summed E-state index contributed by atoms with van der Waals surface area (Å²) < 4.78 is 36.1. The van der Waals surface area contributed by atoms with Gasteiger partial charge in [0, 0.05) is 5.92 Å². The van der Waals surface area contributed by atoms with Gasteiger partial charge in [-0.3, -0.25) is 4.18 Å². The summed E-state index contributed by atoms with van der Waals surface area (Å²) in [7, 11) is -3.75. The molecule has 2 atom stereocenters. The van der Waals surface area contributed by atoms with Gasteiger partial charge in [0.25, 0.3) is 10.1 Å². The van der Waals surface area contributed by atoms with Crippen LogP contribution in [0.5, 0.6) is 0 Å². The van der Waals surface area contributed by atoms with Gasteiger partial charge in [0.05, 0.1) is 24.2 Å². The Morgan fingerprint density at radius 2 is 1.58 bits per heavy atom. The zero-order chi connectivity index (χ0) is 19.2. The molecule has 0 saturated carbocycles. The minimum absolute atomic E-state index is 0.0565. The van der Waals surface area contributed by atoms with Gasteiger partial charge in [0.15, 0.2) is 0 Å². The van der Waals surface area contributed by atoms with Crippen molar-refractivity contribution in [1.82, 2.24) is 0 Å². The van der Waals surface area contributed by atoms with Crippen LogP contribution in [0, 0.1) is 18.8 Å². The molecule has 0 aliphatic carbocycles. The van der Waals surface area contributed by atoms with Gasteiger partial charge in [-0.1, -0.05) is 68.8 Å². The number of aryl methyl sites for hydroxylation is 1. The van der Waals surface area contributed by atoms with Crippen LogP contribution in [-0.2, 0) is 25.6 Å². The molecule has 142 valence electrons. The van der Waals surface area contributed by atoms with E-state index in [0.717, 1.165) is 11.1 Å². The van der Waals surface area contributed by atoms with E-state index in [-0.39, 0.29) is 29.4 Å². The van der Waals surface area contributed by atoms with Crippen molar-refractivity contribution < 1.29 is 17.3 Å². The molecule has 2 aromatic carbocycles. The lowest BCUT2D eigenvalue weighted by molar-refractivity contribution is -0.0338. The van der Waals surface area contributed by atoms with Crippen molar-refractivity contribution in [2.45, 2.75) is 45.3 Å². The van der Waals surface area contributed by atoms with Crippen molar-refractivity contribution in [1.29, 1.82) is 0 Å². The Morgan fingerprint density at radius 3 is 2.15 bits per heavy atom. The molecule has 0 fully saturated rings. The molecule has 0 saturated heterocycles. The van der Waals surface area contributed by atoms with Crippen molar-refractivity contribution in [3.05, 3.63) is 65.7 Å². The third kappa shape index (κ3) is 5.94. The average Bonchev–Trinajstić information content (AvgIpc) is 2.61. The molecule has 5 heteroatoms. The van der Waals surface area contributed by atoms with Gasteiger partial charge in [0.2, 0.25) is 0 Å². The van der Waals surface area contributed by atoms with E-state index in [2.05, 4.69) is 13.8 Å². The topological polar surface area (TPSA) is 52.6 Å². The van der Waals surface area contributed by atoms with Crippen LogP contribution in [0.3, 0.4) is 0 Å². The summed E-state index contributed by atoms with van der Waals surface area (Å²) in [6, 6.07) is 16.6. The van der Waals surface area contributed by atoms with Gasteiger partial charge in [-0.2, -0.15) is 8.42 Å². The van der Waals surface area contributed by atoms with Crippen LogP contribution in [0.15, 0.2) is 59.5 Å². The molecule has 0 unspecified atom stereocenters. The van der Waals surface area contributed by atoms with E-state index in [0.29, 0.717) is 6.61 Å². The fraction of sp³-hybridized carbons (Fsp3) is 0.429. The van der Waals surface area contributed by atoms with Crippen molar-refractivity contribution in [2.75, 3.05) is 6.61 Å². The van der Waals surface area contributed by atoms with E-state index in [9.17, 15) is 8.42 Å². The highest BCUT2D eigenvalue weighted by Crippen LogP contribution is 2.21. The van der Waals surface area contributed by atoms with Crippen LogP contribution < -0.4 is 0 Å². The molecule has 0 bridgehead atoms. The molecule has 0 aromatic heterocycles. The average molecular weight is 379 g/mol. The molecule has 0 radical (unpaired) electrons. The first kappa shape index (κ1) is 20.6. The molecule has 2 aromatic rings. The fourth-order valence-corrected chi connectivity index (χ4v) is 3.84. The Labute approximate surface area is 157 Å². The quantitative estimate of drug-likeness (QED) is 0.600. The molecule has 0 spiro atoms. The van der Waals surface area contributed by atoms with E-state index >= 15 is 0 Å². The summed E-state index contributed by atoms with van der Waals surface area (Å²) in [6.45, 7) is 8.60. The minimum Gasteiger partial charge on any atom is -0.373 e. The highest BCUT2D eigenvalue weighted by Gasteiger charge is 2.25. The minimum atomic E-state index is -3.75. The predicted molar refractivity (Wildman–Crippen MR) is 103 cm³/mol. The molecule has 2 rings (SSSR count). The number of rotatable bonds is 9. The number of benzene rings is 2. The number of hydrogen-bond acceptors (Lipinski definition) is 4. The summed E-state index contributed by atoms with van der Waals surface area (Å²) in [5.41, 5.74) is 2.10. The Kier molecular flexibility index (Phi) is 7.38. The van der Waals surface area contributed by atoms with Crippen LogP contribution in [0.2, 0.25) is 0 Å². The van der Waals surface area contributed by atoms with Crippen LogP contribution in [0.25, 0.3) is 0 Å². The maximum absolute atomic E-state index is 12.4. The lowest BCUT2D eigenvalue weighted by Gasteiger charge is -2.27. The molecule has 4 nitrogen and oxygen atoms in total. The van der Waals surface area contributed by atoms with Crippen molar-refractivity contribution in [3.63, 3.8) is 0 Å². The van der Waals surface area contributed by atoms with Crippen molar-refractivity contribution >= 4 is 10.1 Å². The first-order valence-corrected chi connectivity index (χ1v) is 10.3. The standard InChI is InChI=1S/C21H28O4S/c1-16(2)21(24-15-19-8-6-5-7-9-19)18(4)14-25-26(22,23)20-12-10-17(3)11-13-20/h5-13,16,18,21H,14-15H2,1-4H3/t18-,21+/m0/s1/i14+2. The predicted octanol–water partition coefficient (Wildman–Crippen LogP) is 4.58.